The number of hydrogen-bond acceptors (Lipinski definition) is 9. The largest absolute Gasteiger partial charge is 0.497 e. The quantitative estimate of drug-likeness (QED) is 0.225. The summed E-state index contributed by atoms with van der Waals surface area (Å²) < 4.78 is 13.3. The maximum absolute atomic E-state index is 13.2. The molecular formula is C36H39BrN10O3. The minimum atomic E-state index is -0.0915. The summed E-state index contributed by atoms with van der Waals surface area (Å²) >= 11 is 3.47. The topological polar surface area (TPSA) is 120 Å². The first-order valence-corrected chi connectivity index (χ1v) is 17.6. The zero-order valence-corrected chi connectivity index (χ0v) is 30.2. The van der Waals surface area contributed by atoms with Gasteiger partial charge in [-0.15, -0.1) is 20.4 Å². The van der Waals surface area contributed by atoms with Gasteiger partial charge in [0.05, 0.1) is 35.5 Å². The first-order valence-electron chi connectivity index (χ1n) is 16.8. The average molecular weight is 740 g/mol. The van der Waals surface area contributed by atoms with Gasteiger partial charge in [-0.2, -0.15) is 0 Å². The van der Waals surface area contributed by atoms with Crippen LogP contribution in [0.25, 0.3) is 33.4 Å². The first-order chi connectivity index (χ1) is 24.3. The van der Waals surface area contributed by atoms with Crippen molar-refractivity contribution in [1.29, 1.82) is 0 Å². The van der Waals surface area contributed by atoms with Crippen LogP contribution in [0.3, 0.4) is 0 Å². The summed E-state index contributed by atoms with van der Waals surface area (Å²) in [4.78, 5) is 30.2. The summed E-state index contributed by atoms with van der Waals surface area (Å²) in [5, 5.41) is 18.6. The molecule has 0 N–H and O–H groups in total. The Kier molecular flexibility index (Phi) is 9.27. The van der Waals surface area contributed by atoms with Crippen molar-refractivity contribution < 1.29 is 4.74 Å². The van der Waals surface area contributed by atoms with Crippen molar-refractivity contribution in [3.8, 4) is 5.75 Å². The summed E-state index contributed by atoms with van der Waals surface area (Å²) in [6.07, 6.45) is 4.83. The lowest BCUT2D eigenvalue weighted by atomic mass is 10.2. The molecule has 0 unspecified atom stereocenters. The number of anilines is 2. The molecule has 258 valence electrons. The van der Waals surface area contributed by atoms with E-state index in [2.05, 4.69) is 48.1 Å². The van der Waals surface area contributed by atoms with E-state index in [1.165, 1.54) is 12.8 Å². The van der Waals surface area contributed by atoms with Crippen LogP contribution in [-0.2, 0) is 13.6 Å². The molecule has 0 spiro atoms. The van der Waals surface area contributed by atoms with Crippen LogP contribution < -0.4 is 25.7 Å². The molecule has 0 atom stereocenters. The lowest BCUT2D eigenvalue weighted by molar-refractivity contribution is 0.415. The third-order valence-corrected chi connectivity index (χ3v) is 9.84. The highest BCUT2D eigenvalue weighted by Crippen LogP contribution is 2.25. The normalized spacial score (nSPS) is 13.5. The fourth-order valence-electron chi connectivity index (χ4n) is 6.52. The molecule has 50 heavy (non-hydrogen) atoms. The van der Waals surface area contributed by atoms with Gasteiger partial charge in [-0.1, -0.05) is 59.1 Å². The Morgan fingerprint density at radius 2 is 1.48 bits per heavy atom. The van der Waals surface area contributed by atoms with E-state index < -0.39 is 0 Å². The number of fused-ring (bicyclic) bond motifs is 6. The van der Waals surface area contributed by atoms with E-state index in [0.717, 1.165) is 65.4 Å². The van der Waals surface area contributed by atoms with Gasteiger partial charge in [-0.3, -0.25) is 18.7 Å². The summed E-state index contributed by atoms with van der Waals surface area (Å²) in [5.41, 5.74) is 2.50. The van der Waals surface area contributed by atoms with Crippen LogP contribution in [0.1, 0.15) is 38.2 Å². The Balaban J connectivity index is 0.000000157. The van der Waals surface area contributed by atoms with Gasteiger partial charge in [0.2, 0.25) is 23.5 Å². The van der Waals surface area contributed by atoms with Crippen LogP contribution in [0, 0.1) is 0 Å². The minimum Gasteiger partial charge on any atom is -0.497 e. The number of ether oxygens (including phenoxy) is 1. The molecule has 0 amide bonds. The Morgan fingerprint density at radius 1 is 0.800 bits per heavy atom. The molecule has 5 heterocycles. The molecule has 7 aromatic rings. The molecule has 1 saturated heterocycles. The lowest BCUT2D eigenvalue weighted by Gasteiger charge is -2.20. The standard InChI is InChI=1S/C19H18BrN5O.C17H21N5O2/c1-3-23(2)18-21-22-19-24(12-13-7-5-4-6-8-13)17(26)15-11-14(20)9-10-16(15)25(18)19;1-20-15(23)13-11-12(24-2)7-8-14(13)22-16(20)18-19-17(22)21-9-5-3-4-6-10-21/h4-11H,3,12H2,1-2H3;7-8,11H,3-6,9-10H2,1-2H3. The molecular weight excluding hydrogens is 700 g/mol. The Hall–Kier alpha value is -5.24. The van der Waals surface area contributed by atoms with Crippen LogP contribution >= 0.6 is 15.9 Å². The molecule has 8 rings (SSSR count). The third-order valence-electron chi connectivity index (χ3n) is 9.34. The molecule has 13 nitrogen and oxygen atoms in total. The number of benzene rings is 3. The average Bonchev–Trinajstić information content (AvgIpc) is 3.70. The van der Waals surface area contributed by atoms with Crippen molar-refractivity contribution in [2.75, 3.05) is 43.6 Å². The van der Waals surface area contributed by atoms with E-state index in [9.17, 15) is 9.59 Å². The zero-order valence-electron chi connectivity index (χ0n) is 28.6. The Bertz CT molecular complexity index is 2440. The predicted molar refractivity (Wildman–Crippen MR) is 200 cm³/mol. The molecule has 0 aliphatic carbocycles. The van der Waals surface area contributed by atoms with Gasteiger partial charge in [-0.05, 0) is 61.7 Å². The van der Waals surface area contributed by atoms with Gasteiger partial charge in [0.25, 0.3) is 11.1 Å². The maximum atomic E-state index is 13.2. The SMILES string of the molecule is CCN(C)c1nnc2n(Cc3ccccc3)c(=O)c3cc(Br)ccc3n12.COc1ccc2c(c1)c(=O)n(C)c1nnc(N3CCCCCC3)n21. The second-order valence-corrected chi connectivity index (χ2v) is 13.4. The van der Waals surface area contributed by atoms with Crippen LogP contribution in [-0.4, -0.2) is 72.1 Å². The number of rotatable bonds is 6. The number of methoxy groups -OCH3 is 1. The van der Waals surface area contributed by atoms with Gasteiger partial charge in [0.1, 0.15) is 5.75 Å². The molecule has 1 aliphatic heterocycles. The smallest absolute Gasteiger partial charge is 0.263 e. The number of nitrogens with zero attached hydrogens (tertiary/aromatic N) is 10. The third kappa shape index (κ3) is 5.97. The van der Waals surface area contributed by atoms with Crippen molar-refractivity contribution >= 4 is 61.2 Å². The molecule has 1 fully saturated rings. The molecule has 1 aliphatic rings. The fourth-order valence-corrected chi connectivity index (χ4v) is 6.88. The van der Waals surface area contributed by atoms with Crippen LogP contribution in [0.2, 0.25) is 0 Å². The maximum Gasteiger partial charge on any atom is 0.263 e. The second kappa shape index (κ2) is 13.9. The zero-order chi connectivity index (χ0) is 34.9. The molecule has 3 aromatic carbocycles. The van der Waals surface area contributed by atoms with E-state index in [1.807, 2.05) is 81.4 Å². The monoisotopic (exact) mass is 738 g/mol. The highest BCUT2D eigenvalue weighted by atomic mass is 79.9. The van der Waals surface area contributed by atoms with Crippen LogP contribution in [0.15, 0.2) is 80.8 Å². The molecule has 0 bridgehead atoms. The van der Waals surface area contributed by atoms with E-state index in [0.29, 0.717) is 34.6 Å². The number of aryl methyl sites for hydroxylation is 1. The van der Waals surface area contributed by atoms with Gasteiger partial charge in [-0.25, -0.2) is 8.80 Å². The van der Waals surface area contributed by atoms with Crippen molar-refractivity contribution in [1.82, 2.24) is 38.3 Å². The van der Waals surface area contributed by atoms with Crippen LogP contribution in [0.4, 0.5) is 11.9 Å². The Labute approximate surface area is 296 Å². The summed E-state index contributed by atoms with van der Waals surface area (Å²) in [7, 11) is 5.30. The van der Waals surface area contributed by atoms with E-state index in [4.69, 9.17) is 4.74 Å². The van der Waals surface area contributed by atoms with Crippen molar-refractivity contribution in [2.45, 2.75) is 39.2 Å². The Morgan fingerprint density at radius 3 is 2.20 bits per heavy atom. The second-order valence-electron chi connectivity index (χ2n) is 12.5. The number of hydrogen-bond donors (Lipinski definition) is 0. The van der Waals surface area contributed by atoms with E-state index in [1.54, 1.807) is 29.4 Å². The van der Waals surface area contributed by atoms with Gasteiger partial charge < -0.3 is 14.5 Å². The molecule has 0 saturated carbocycles. The van der Waals surface area contributed by atoms with Gasteiger partial charge in [0, 0.05) is 38.2 Å². The number of aromatic nitrogens is 8. The first kappa shape index (κ1) is 33.3. The highest BCUT2D eigenvalue weighted by molar-refractivity contribution is 9.10. The molecule has 14 heteroatoms. The molecule has 4 aromatic heterocycles. The minimum absolute atomic E-state index is 0.0734. The van der Waals surface area contributed by atoms with E-state index >= 15 is 0 Å². The van der Waals surface area contributed by atoms with Crippen LogP contribution in [0.5, 0.6) is 5.75 Å². The van der Waals surface area contributed by atoms with Crippen molar-refractivity contribution in [3.05, 3.63) is 97.5 Å². The lowest BCUT2D eigenvalue weighted by Crippen LogP contribution is -2.27. The van der Waals surface area contributed by atoms with Gasteiger partial charge in [0.15, 0.2) is 0 Å². The number of halogens is 1. The summed E-state index contributed by atoms with van der Waals surface area (Å²) in [5.74, 6) is 3.32. The summed E-state index contributed by atoms with van der Waals surface area (Å²) in [6.45, 7) is 5.23. The fraction of sp³-hybridized carbons (Fsp3) is 0.333. The van der Waals surface area contributed by atoms with Crippen molar-refractivity contribution in [2.24, 2.45) is 7.05 Å². The highest BCUT2D eigenvalue weighted by Gasteiger charge is 2.21. The summed E-state index contributed by atoms with van der Waals surface area (Å²) in [6, 6.07) is 21.2. The predicted octanol–water partition coefficient (Wildman–Crippen LogP) is 5.28. The molecule has 0 radical (unpaired) electrons. The van der Waals surface area contributed by atoms with E-state index in [-0.39, 0.29) is 11.1 Å². The van der Waals surface area contributed by atoms with Gasteiger partial charge >= 0.3 is 0 Å². The van der Waals surface area contributed by atoms with Crippen molar-refractivity contribution in [3.63, 3.8) is 0 Å².